The van der Waals surface area contributed by atoms with Crippen LogP contribution in [0.25, 0.3) is 11.5 Å². The molecule has 0 aliphatic rings. The zero-order valence-electron chi connectivity index (χ0n) is 12.7. The van der Waals surface area contributed by atoms with E-state index < -0.39 is 0 Å². The van der Waals surface area contributed by atoms with Crippen molar-refractivity contribution in [2.45, 2.75) is 26.3 Å². The van der Waals surface area contributed by atoms with Crippen molar-refractivity contribution < 1.29 is 9.21 Å². The normalized spacial score (nSPS) is 10.7. The van der Waals surface area contributed by atoms with E-state index in [2.05, 4.69) is 20.5 Å². The standard InChI is InChI=1S/C16H16N4O2S/c1-11-13(23-10-18-11)7-8-14(21)17-9-15-19-20-16(22-15)12-5-3-2-4-6-12/h2-6,10H,7-9H2,1H3,(H,17,21). The van der Waals surface area contributed by atoms with E-state index in [4.69, 9.17) is 4.42 Å². The molecule has 7 heteroatoms. The Morgan fingerprint density at radius 1 is 1.26 bits per heavy atom. The summed E-state index contributed by atoms with van der Waals surface area (Å²) in [6.07, 6.45) is 1.12. The fourth-order valence-electron chi connectivity index (χ4n) is 2.08. The minimum absolute atomic E-state index is 0.0442. The zero-order valence-corrected chi connectivity index (χ0v) is 13.5. The van der Waals surface area contributed by atoms with Gasteiger partial charge in [-0.3, -0.25) is 4.79 Å². The Kier molecular flexibility index (Phi) is 4.77. The number of amides is 1. The molecule has 118 valence electrons. The van der Waals surface area contributed by atoms with Gasteiger partial charge >= 0.3 is 0 Å². The molecule has 1 aromatic carbocycles. The summed E-state index contributed by atoms with van der Waals surface area (Å²) in [5.41, 5.74) is 3.65. The maximum atomic E-state index is 11.9. The third-order valence-corrected chi connectivity index (χ3v) is 4.34. The van der Waals surface area contributed by atoms with Crippen LogP contribution in [0.3, 0.4) is 0 Å². The number of thiazole rings is 1. The van der Waals surface area contributed by atoms with Gasteiger partial charge in [-0.05, 0) is 25.5 Å². The smallest absolute Gasteiger partial charge is 0.247 e. The van der Waals surface area contributed by atoms with Crippen LogP contribution in [0.15, 0.2) is 40.3 Å². The van der Waals surface area contributed by atoms with E-state index in [0.717, 1.165) is 16.1 Å². The van der Waals surface area contributed by atoms with Gasteiger partial charge in [0.25, 0.3) is 0 Å². The van der Waals surface area contributed by atoms with Crippen molar-refractivity contribution in [3.63, 3.8) is 0 Å². The lowest BCUT2D eigenvalue weighted by molar-refractivity contribution is -0.121. The van der Waals surface area contributed by atoms with Gasteiger partial charge < -0.3 is 9.73 Å². The van der Waals surface area contributed by atoms with Crippen molar-refractivity contribution >= 4 is 17.2 Å². The molecular formula is C16H16N4O2S. The van der Waals surface area contributed by atoms with Crippen molar-refractivity contribution in [1.29, 1.82) is 0 Å². The molecule has 0 bridgehead atoms. The number of aromatic nitrogens is 3. The molecule has 3 aromatic rings. The van der Waals surface area contributed by atoms with E-state index in [9.17, 15) is 4.79 Å². The topological polar surface area (TPSA) is 80.9 Å². The number of aryl methyl sites for hydroxylation is 2. The minimum atomic E-state index is -0.0442. The van der Waals surface area contributed by atoms with Crippen molar-refractivity contribution in [3.8, 4) is 11.5 Å². The van der Waals surface area contributed by atoms with Crippen molar-refractivity contribution in [1.82, 2.24) is 20.5 Å². The highest BCUT2D eigenvalue weighted by molar-refractivity contribution is 7.09. The summed E-state index contributed by atoms with van der Waals surface area (Å²) in [5.74, 6) is 0.804. The van der Waals surface area contributed by atoms with Crippen LogP contribution < -0.4 is 5.32 Å². The highest BCUT2D eigenvalue weighted by atomic mass is 32.1. The number of nitrogens with zero attached hydrogens (tertiary/aromatic N) is 3. The maximum absolute atomic E-state index is 11.9. The number of carbonyl (C=O) groups excluding carboxylic acids is 1. The van der Waals surface area contributed by atoms with E-state index in [1.165, 1.54) is 0 Å². The summed E-state index contributed by atoms with van der Waals surface area (Å²) in [5, 5.41) is 10.7. The number of hydrogen-bond donors (Lipinski definition) is 1. The summed E-state index contributed by atoms with van der Waals surface area (Å²) in [7, 11) is 0. The predicted octanol–water partition coefficient (Wildman–Crippen LogP) is 2.75. The van der Waals surface area contributed by atoms with Gasteiger partial charge in [0.2, 0.25) is 17.7 Å². The second kappa shape index (κ2) is 7.15. The van der Waals surface area contributed by atoms with Gasteiger partial charge in [0.1, 0.15) is 0 Å². The van der Waals surface area contributed by atoms with Crippen LogP contribution in [0.1, 0.15) is 22.9 Å². The second-order valence-electron chi connectivity index (χ2n) is 5.00. The predicted molar refractivity (Wildman–Crippen MR) is 86.8 cm³/mol. The van der Waals surface area contributed by atoms with Crippen LogP contribution in [0, 0.1) is 6.92 Å². The Morgan fingerprint density at radius 3 is 2.83 bits per heavy atom. The van der Waals surface area contributed by atoms with Crippen molar-refractivity contribution in [2.75, 3.05) is 0 Å². The van der Waals surface area contributed by atoms with Crippen LogP contribution in [0.2, 0.25) is 0 Å². The summed E-state index contributed by atoms with van der Waals surface area (Å²) in [6, 6.07) is 9.52. The van der Waals surface area contributed by atoms with Crippen molar-refractivity contribution in [3.05, 3.63) is 52.3 Å². The molecule has 6 nitrogen and oxygen atoms in total. The fourth-order valence-corrected chi connectivity index (χ4v) is 2.86. The lowest BCUT2D eigenvalue weighted by Gasteiger charge is -2.01. The molecule has 0 saturated heterocycles. The molecule has 2 aromatic heterocycles. The zero-order chi connectivity index (χ0) is 16.1. The van der Waals surface area contributed by atoms with Gasteiger partial charge in [-0.2, -0.15) is 0 Å². The minimum Gasteiger partial charge on any atom is -0.419 e. The quantitative estimate of drug-likeness (QED) is 0.752. The molecule has 2 heterocycles. The molecule has 3 rings (SSSR count). The van der Waals surface area contributed by atoms with Crippen LogP contribution in [-0.4, -0.2) is 21.1 Å². The van der Waals surface area contributed by atoms with E-state index in [-0.39, 0.29) is 12.5 Å². The fraction of sp³-hybridized carbons (Fsp3) is 0.250. The average molecular weight is 328 g/mol. The van der Waals surface area contributed by atoms with Crippen molar-refractivity contribution in [2.24, 2.45) is 0 Å². The Hall–Kier alpha value is -2.54. The molecular weight excluding hydrogens is 312 g/mol. The second-order valence-corrected chi connectivity index (χ2v) is 5.94. The summed E-state index contributed by atoms with van der Waals surface area (Å²) < 4.78 is 5.54. The number of nitrogens with one attached hydrogen (secondary N) is 1. The molecule has 0 radical (unpaired) electrons. The van der Waals surface area contributed by atoms with Gasteiger partial charge in [-0.25, -0.2) is 4.98 Å². The highest BCUT2D eigenvalue weighted by Gasteiger charge is 2.10. The van der Waals surface area contributed by atoms with E-state index >= 15 is 0 Å². The van der Waals surface area contributed by atoms with Gasteiger partial charge in [-0.1, -0.05) is 18.2 Å². The SMILES string of the molecule is Cc1ncsc1CCC(=O)NCc1nnc(-c2ccccc2)o1. The molecule has 0 unspecified atom stereocenters. The molecule has 0 aliphatic carbocycles. The number of hydrogen-bond acceptors (Lipinski definition) is 6. The van der Waals surface area contributed by atoms with Gasteiger partial charge in [0.05, 0.1) is 17.7 Å². The Balaban J connectivity index is 1.50. The Labute approximate surface area is 137 Å². The molecule has 0 fully saturated rings. The van der Waals surface area contributed by atoms with Crippen LogP contribution >= 0.6 is 11.3 Å². The Morgan fingerprint density at radius 2 is 2.09 bits per heavy atom. The lowest BCUT2D eigenvalue weighted by Crippen LogP contribution is -2.23. The van der Waals surface area contributed by atoms with Gasteiger partial charge in [-0.15, -0.1) is 21.5 Å². The summed E-state index contributed by atoms with van der Waals surface area (Å²) in [4.78, 5) is 17.2. The first-order chi connectivity index (χ1) is 11.2. The van der Waals surface area contributed by atoms with Crippen LogP contribution in [0.5, 0.6) is 0 Å². The molecule has 0 atom stereocenters. The maximum Gasteiger partial charge on any atom is 0.247 e. The average Bonchev–Trinajstić information content (AvgIpc) is 3.21. The Bertz CT molecular complexity index is 782. The first-order valence-corrected chi connectivity index (χ1v) is 8.14. The molecule has 0 aliphatic heterocycles. The monoisotopic (exact) mass is 328 g/mol. The first-order valence-electron chi connectivity index (χ1n) is 7.26. The van der Waals surface area contributed by atoms with Gasteiger partial charge in [0.15, 0.2) is 0 Å². The molecule has 1 N–H and O–H groups in total. The van der Waals surface area contributed by atoms with Crippen LogP contribution in [-0.2, 0) is 17.8 Å². The van der Waals surface area contributed by atoms with E-state index in [1.54, 1.807) is 16.8 Å². The first kappa shape index (κ1) is 15.4. The molecule has 0 saturated carbocycles. The molecule has 1 amide bonds. The molecule has 23 heavy (non-hydrogen) atoms. The van der Waals surface area contributed by atoms with E-state index in [1.807, 2.05) is 37.3 Å². The third-order valence-electron chi connectivity index (χ3n) is 3.35. The van der Waals surface area contributed by atoms with E-state index in [0.29, 0.717) is 24.6 Å². The third kappa shape index (κ3) is 4.01. The van der Waals surface area contributed by atoms with Crippen LogP contribution in [0.4, 0.5) is 0 Å². The summed E-state index contributed by atoms with van der Waals surface area (Å²) in [6.45, 7) is 2.19. The summed E-state index contributed by atoms with van der Waals surface area (Å²) >= 11 is 1.57. The number of benzene rings is 1. The largest absolute Gasteiger partial charge is 0.419 e. The highest BCUT2D eigenvalue weighted by Crippen LogP contribution is 2.17. The lowest BCUT2D eigenvalue weighted by atomic mass is 10.2. The number of rotatable bonds is 6. The van der Waals surface area contributed by atoms with Gasteiger partial charge in [0, 0.05) is 16.9 Å². The molecule has 0 spiro atoms. The number of carbonyl (C=O) groups is 1.